The van der Waals surface area contributed by atoms with Crippen LogP contribution in [-0.2, 0) is 11.3 Å². The van der Waals surface area contributed by atoms with Gasteiger partial charge in [-0.3, -0.25) is 9.59 Å². The van der Waals surface area contributed by atoms with Gasteiger partial charge in [0.1, 0.15) is 0 Å². The van der Waals surface area contributed by atoms with Crippen molar-refractivity contribution in [2.24, 2.45) is 11.7 Å². The molecule has 29 heavy (non-hydrogen) atoms. The molecule has 0 saturated carbocycles. The lowest BCUT2D eigenvalue weighted by Crippen LogP contribution is -2.32. The summed E-state index contributed by atoms with van der Waals surface area (Å²) in [6.07, 6.45) is 1.23. The second-order valence-electron chi connectivity index (χ2n) is 7.53. The minimum atomic E-state index is -0.0274. The van der Waals surface area contributed by atoms with Crippen LogP contribution in [0.3, 0.4) is 0 Å². The second-order valence-corrected chi connectivity index (χ2v) is 7.53. The molecule has 6 heteroatoms. The summed E-state index contributed by atoms with van der Waals surface area (Å²) in [5, 5.41) is 2.93. The minimum absolute atomic E-state index is 0. The molecule has 0 radical (unpaired) electrons. The molecule has 2 rings (SSSR count). The van der Waals surface area contributed by atoms with Crippen LogP contribution in [0.15, 0.2) is 48.5 Å². The Labute approximate surface area is 180 Å². The third-order valence-corrected chi connectivity index (χ3v) is 4.48. The summed E-state index contributed by atoms with van der Waals surface area (Å²) in [6, 6.07) is 15.4. The van der Waals surface area contributed by atoms with Crippen LogP contribution in [0.1, 0.15) is 48.2 Å². The Kier molecular flexibility index (Phi) is 10.4. The molecule has 2 aromatic carbocycles. The molecule has 2 amide bonds. The highest BCUT2D eigenvalue weighted by Gasteiger charge is 2.17. The summed E-state index contributed by atoms with van der Waals surface area (Å²) in [5.74, 6) is 0.265. The van der Waals surface area contributed by atoms with E-state index in [1.54, 1.807) is 6.07 Å². The predicted molar refractivity (Wildman–Crippen MR) is 121 cm³/mol. The molecule has 0 bridgehead atoms. The molecule has 3 N–H and O–H groups in total. The van der Waals surface area contributed by atoms with Crippen LogP contribution in [-0.4, -0.2) is 29.8 Å². The Hall–Kier alpha value is -2.37. The van der Waals surface area contributed by atoms with Gasteiger partial charge in [-0.2, -0.15) is 0 Å². The average molecular weight is 418 g/mol. The van der Waals surface area contributed by atoms with Gasteiger partial charge in [0.2, 0.25) is 5.91 Å². The number of hydrogen-bond acceptors (Lipinski definition) is 3. The monoisotopic (exact) mass is 417 g/mol. The Morgan fingerprint density at radius 1 is 1.10 bits per heavy atom. The third kappa shape index (κ3) is 7.87. The fourth-order valence-corrected chi connectivity index (χ4v) is 3.03. The highest BCUT2D eigenvalue weighted by molar-refractivity contribution is 5.96. The number of nitrogens with one attached hydrogen (secondary N) is 1. The van der Waals surface area contributed by atoms with E-state index in [-0.39, 0.29) is 24.2 Å². The first-order chi connectivity index (χ1) is 13.4. The first kappa shape index (κ1) is 24.7. The summed E-state index contributed by atoms with van der Waals surface area (Å²) in [4.78, 5) is 26.9. The van der Waals surface area contributed by atoms with Crippen LogP contribution < -0.4 is 11.1 Å². The Balaban J connectivity index is 0.00000420. The zero-order chi connectivity index (χ0) is 20.5. The summed E-state index contributed by atoms with van der Waals surface area (Å²) < 4.78 is 0. The SMILES string of the molecule is Cc1cc(C(=O)N(CCCN)Cc2ccccc2)ccc1NC(=O)CC(C)C.Cl. The van der Waals surface area contributed by atoms with Crippen molar-refractivity contribution in [1.29, 1.82) is 0 Å². The Bertz CT molecular complexity index is 794. The highest BCUT2D eigenvalue weighted by atomic mass is 35.5. The maximum absolute atomic E-state index is 13.1. The van der Waals surface area contributed by atoms with Gasteiger partial charge in [-0.15, -0.1) is 12.4 Å². The number of nitrogens with two attached hydrogens (primary N) is 1. The van der Waals surface area contributed by atoms with E-state index in [4.69, 9.17) is 5.73 Å². The molecule has 0 atom stereocenters. The second kappa shape index (κ2) is 12.2. The quantitative estimate of drug-likeness (QED) is 0.635. The van der Waals surface area contributed by atoms with Crippen LogP contribution in [0.4, 0.5) is 5.69 Å². The first-order valence-corrected chi connectivity index (χ1v) is 9.84. The fourth-order valence-electron chi connectivity index (χ4n) is 3.03. The van der Waals surface area contributed by atoms with Crippen molar-refractivity contribution in [3.05, 3.63) is 65.2 Å². The van der Waals surface area contributed by atoms with Crippen LogP contribution in [0.5, 0.6) is 0 Å². The van der Waals surface area contributed by atoms with Crippen LogP contribution >= 0.6 is 12.4 Å². The molecule has 0 unspecified atom stereocenters. The molecular weight excluding hydrogens is 386 g/mol. The minimum Gasteiger partial charge on any atom is -0.334 e. The van der Waals surface area contributed by atoms with Gasteiger partial charge in [0, 0.05) is 30.8 Å². The molecule has 0 spiro atoms. The van der Waals surface area contributed by atoms with E-state index in [0.717, 1.165) is 23.2 Å². The number of benzene rings is 2. The summed E-state index contributed by atoms with van der Waals surface area (Å²) in [5.41, 5.74) is 8.98. The normalized spacial score (nSPS) is 10.4. The van der Waals surface area contributed by atoms with Crippen molar-refractivity contribution in [1.82, 2.24) is 4.90 Å². The number of carbonyl (C=O) groups excluding carboxylic acids is 2. The zero-order valence-corrected chi connectivity index (χ0v) is 18.3. The Morgan fingerprint density at radius 2 is 1.79 bits per heavy atom. The van der Waals surface area contributed by atoms with Crippen LogP contribution in [0.2, 0.25) is 0 Å². The van der Waals surface area contributed by atoms with Gasteiger partial charge in [0.25, 0.3) is 5.91 Å². The van der Waals surface area contributed by atoms with E-state index in [0.29, 0.717) is 37.5 Å². The predicted octanol–water partition coefficient (Wildman–Crippen LogP) is 4.39. The van der Waals surface area contributed by atoms with Gasteiger partial charge < -0.3 is 16.0 Å². The molecule has 0 fully saturated rings. The van der Waals surface area contributed by atoms with Gasteiger partial charge >= 0.3 is 0 Å². The number of halogens is 1. The van der Waals surface area contributed by atoms with E-state index in [1.165, 1.54) is 0 Å². The van der Waals surface area contributed by atoms with Crippen LogP contribution in [0, 0.1) is 12.8 Å². The molecule has 158 valence electrons. The van der Waals surface area contributed by atoms with Crippen molar-refractivity contribution in [2.75, 3.05) is 18.4 Å². The lowest BCUT2D eigenvalue weighted by molar-refractivity contribution is -0.116. The third-order valence-electron chi connectivity index (χ3n) is 4.48. The van der Waals surface area contributed by atoms with Gasteiger partial charge in [0.05, 0.1) is 0 Å². The average Bonchev–Trinajstić information content (AvgIpc) is 2.66. The standard InChI is InChI=1S/C23H31N3O2.ClH/c1-17(2)14-22(27)25-21-11-10-20(15-18(21)3)23(28)26(13-7-12-24)16-19-8-5-4-6-9-19;/h4-6,8-11,15,17H,7,12-14,16,24H2,1-3H3,(H,25,27);1H. The van der Waals surface area contributed by atoms with E-state index in [9.17, 15) is 9.59 Å². The molecule has 0 aliphatic rings. The number of anilines is 1. The van der Waals surface area contributed by atoms with Crippen molar-refractivity contribution in [2.45, 2.75) is 40.2 Å². The molecule has 0 saturated heterocycles. The number of amides is 2. The van der Waals surface area contributed by atoms with Crippen molar-refractivity contribution < 1.29 is 9.59 Å². The van der Waals surface area contributed by atoms with E-state index in [1.807, 2.05) is 68.1 Å². The number of aryl methyl sites for hydroxylation is 1. The Morgan fingerprint density at radius 3 is 2.38 bits per heavy atom. The lowest BCUT2D eigenvalue weighted by atomic mass is 10.1. The molecule has 0 aromatic heterocycles. The van der Waals surface area contributed by atoms with E-state index in [2.05, 4.69) is 5.32 Å². The number of nitrogens with zero attached hydrogens (tertiary/aromatic N) is 1. The largest absolute Gasteiger partial charge is 0.334 e. The summed E-state index contributed by atoms with van der Waals surface area (Å²) >= 11 is 0. The maximum Gasteiger partial charge on any atom is 0.254 e. The van der Waals surface area contributed by atoms with Gasteiger partial charge in [-0.25, -0.2) is 0 Å². The number of rotatable bonds is 9. The first-order valence-electron chi connectivity index (χ1n) is 9.84. The molecular formula is C23H32ClN3O2. The zero-order valence-electron chi connectivity index (χ0n) is 17.5. The molecule has 0 heterocycles. The summed E-state index contributed by atoms with van der Waals surface area (Å²) in [6.45, 7) is 7.62. The van der Waals surface area contributed by atoms with Gasteiger partial charge in [0.15, 0.2) is 0 Å². The van der Waals surface area contributed by atoms with Gasteiger partial charge in [-0.1, -0.05) is 44.2 Å². The molecule has 5 nitrogen and oxygen atoms in total. The fraction of sp³-hybridized carbons (Fsp3) is 0.391. The van der Waals surface area contributed by atoms with E-state index >= 15 is 0 Å². The summed E-state index contributed by atoms with van der Waals surface area (Å²) in [7, 11) is 0. The van der Waals surface area contributed by atoms with E-state index < -0.39 is 0 Å². The van der Waals surface area contributed by atoms with Gasteiger partial charge in [-0.05, 0) is 55.1 Å². The number of hydrogen-bond donors (Lipinski definition) is 2. The van der Waals surface area contributed by atoms with Crippen LogP contribution in [0.25, 0.3) is 0 Å². The molecule has 2 aromatic rings. The van der Waals surface area contributed by atoms with Crippen molar-refractivity contribution in [3.8, 4) is 0 Å². The lowest BCUT2D eigenvalue weighted by Gasteiger charge is -2.23. The smallest absolute Gasteiger partial charge is 0.254 e. The van der Waals surface area contributed by atoms with Crippen molar-refractivity contribution in [3.63, 3.8) is 0 Å². The van der Waals surface area contributed by atoms with Crippen molar-refractivity contribution >= 4 is 29.9 Å². The maximum atomic E-state index is 13.1. The number of carbonyl (C=O) groups is 2. The topological polar surface area (TPSA) is 75.4 Å². The molecule has 0 aliphatic carbocycles. The molecule has 0 aliphatic heterocycles. The highest BCUT2D eigenvalue weighted by Crippen LogP contribution is 2.19.